The number of carbonyl (C=O) groups is 1. The number of ether oxygens (including phenoxy) is 2. The van der Waals surface area contributed by atoms with E-state index in [0.29, 0.717) is 30.2 Å². The highest BCUT2D eigenvalue weighted by Crippen LogP contribution is 2.39. The number of nitrogens with zero attached hydrogens (tertiary/aromatic N) is 7. The monoisotopic (exact) mass is 665 g/mol. The Kier molecular flexibility index (Phi) is 9.53. The van der Waals surface area contributed by atoms with E-state index in [1.54, 1.807) is 21.7 Å². The zero-order valence-corrected chi connectivity index (χ0v) is 30.2. The normalized spacial score (nSPS) is 18.4. The van der Waals surface area contributed by atoms with Gasteiger partial charge < -0.3 is 18.8 Å². The van der Waals surface area contributed by atoms with Crippen LogP contribution in [0.15, 0.2) is 42.9 Å². The van der Waals surface area contributed by atoms with E-state index in [9.17, 15) is 9.18 Å². The van der Waals surface area contributed by atoms with Crippen molar-refractivity contribution in [1.82, 2.24) is 34.5 Å². The van der Waals surface area contributed by atoms with Crippen LogP contribution in [0.1, 0.15) is 78.4 Å². The minimum absolute atomic E-state index is 0.000387. The molecule has 0 bridgehead atoms. The van der Waals surface area contributed by atoms with Gasteiger partial charge in [0.25, 0.3) is 0 Å². The lowest BCUT2D eigenvalue weighted by molar-refractivity contribution is 0.0116. The SMILES string of the molecule is Cc1c(-c2cc(OC(CO[Si](C)(C)C(C)(C)C)c3ccc(F)cn3)c3ccnn3c2)nnn1C1CCN(C(=O)OC(C)(C)C)CC1C. The third kappa shape index (κ3) is 7.67. The Morgan fingerprint density at radius 1 is 1.15 bits per heavy atom. The molecule has 0 saturated carbocycles. The van der Waals surface area contributed by atoms with Crippen molar-refractivity contribution in [2.45, 2.75) is 97.7 Å². The zero-order valence-electron chi connectivity index (χ0n) is 29.2. The van der Waals surface area contributed by atoms with Crippen molar-refractivity contribution in [2.75, 3.05) is 19.7 Å². The highest BCUT2D eigenvalue weighted by molar-refractivity contribution is 6.74. The fourth-order valence-electron chi connectivity index (χ4n) is 5.54. The Morgan fingerprint density at radius 2 is 1.89 bits per heavy atom. The van der Waals surface area contributed by atoms with Gasteiger partial charge in [0.05, 0.1) is 36.4 Å². The number of hydrogen-bond acceptors (Lipinski definition) is 8. The van der Waals surface area contributed by atoms with E-state index in [1.165, 1.54) is 12.3 Å². The van der Waals surface area contributed by atoms with Crippen LogP contribution in [0.25, 0.3) is 16.8 Å². The summed E-state index contributed by atoms with van der Waals surface area (Å²) in [5, 5.41) is 13.7. The summed E-state index contributed by atoms with van der Waals surface area (Å²) in [5.41, 5.74) is 3.20. The van der Waals surface area contributed by atoms with E-state index >= 15 is 0 Å². The lowest BCUT2D eigenvalue weighted by atomic mass is 9.94. The van der Waals surface area contributed by atoms with Gasteiger partial charge in [-0.25, -0.2) is 18.4 Å². The fourth-order valence-corrected chi connectivity index (χ4v) is 6.54. The average molecular weight is 666 g/mol. The summed E-state index contributed by atoms with van der Waals surface area (Å²) in [5.74, 6) is 0.297. The summed E-state index contributed by atoms with van der Waals surface area (Å²) < 4.78 is 36.4. The molecule has 47 heavy (non-hydrogen) atoms. The van der Waals surface area contributed by atoms with Gasteiger partial charge in [-0.15, -0.1) is 5.10 Å². The summed E-state index contributed by atoms with van der Waals surface area (Å²) in [6.45, 7) is 22.1. The van der Waals surface area contributed by atoms with Gasteiger partial charge in [-0.3, -0.25) is 4.98 Å². The molecule has 0 radical (unpaired) electrons. The van der Waals surface area contributed by atoms with Crippen molar-refractivity contribution in [3.63, 3.8) is 0 Å². The third-order valence-corrected chi connectivity index (χ3v) is 13.7. The van der Waals surface area contributed by atoms with Gasteiger partial charge in [0.1, 0.15) is 28.4 Å². The van der Waals surface area contributed by atoms with Crippen LogP contribution in [0.3, 0.4) is 0 Å². The second kappa shape index (κ2) is 13.0. The molecule has 0 N–H and O–H groups in total. The molecular formula is C34H48FN7O4Si. The highest BCUT2D eigenvalue weighted by Gasteiger charge is 2.38. The van der Waals surface area contributed by atoms with E-state index in [1.807, 2.05) is 50.7 Å². The number of fused-ring (bicyclic) bond motifs is 1. The van der Waals surface area contributed by atoms with Crippen molar-refractivity contribution < 1.29 is 23.1 Å². The molecule has 0 aliphatic carbocycles. The maximum absolute atomic E-state index is 13.9. The summed E-state index contributed by atoms with van der Waals surface area (Å²) >= 11 is 0. The molecule has 1 aliphatic rings. The summed E-state index contributed by atoms with van der Waals surface area (Å²) in [4.78, 5) is 18.8. The molecule has 254 valence electrons. The molecule has 4 aromatic rings. The smallest absolute Gasteiger partial charge is 0.410 e. The minimum atomic E-state index is -2.13. The molecule has 1 fully saturated rings. The molecule has 1 aliphatic heterocycles. The molecule has 0 aromatic carbocycles. The Hall–Kier alpha value is -3.84. The molecule has 3 unspecified atom stereocenters. The van der Waals surface area contributed by atoms with Crippen LogP contribution in [0.2, 0.25) is 18.1 Å². The number of amides is 1. The third-order valence-electron chi connectivity index (χ3n) is 9.25. The van der Waals surface area contributed by atoms with Gasteiger partial charge in [0.2, 0.25) is 0 Å². The van der Waals surface area contributed by atoms with E-state index in [2.05, 4.69) is 61.2 Å². The predicted molar refractivity (Wildman–Crippen MR) is 180 cm³/mol. The topological polar surface area (TPSA) is 109 Å². The quantitative estimate of drug-likeness (QED) is 0.179. The summed E-state index contributed by atoms with van der Waals surface area (Å²) in [6.07, 6.45) is 4.68. The highest BCUT2D eigenvalue weighted by atomic mass is 28.4. The van der Waals surface area contributed by atoms with Gasteiger partial charge in [0, 0.05) is 24.8 Å². The second-order valence-electron chi connectivity index (χ2n) is 15.1. The maximum Gasteiger partial charge on any atom is 0.410 e. The van der Waals surface area contributed by atoms with Crippen LogP contribution >= 0.6 is 0 Å². The number of likely N-dealkylation sites (tertiary alicyclic amines) is 1. The lowest BCUT2D eigenvalue weighted by Gasteiger charge is -2.37. The molecule has 1 amide bonds. The molecule has 0 spiro atoms. The van der Waals surface area contributed by atoms with Crippen LogP contribution in [-0.4, -0.2) is 74.2 Å². The fraction of sp³-hybridized carbons (Fsp3) is 0.559. The van der Waals surface area contributed by atoms with E-state index in [-0.39, 0.29) is 29.7 Å². The first-order valence-corrected chi connectivity index (χ1v) is 19.1. The minimum Gasteiger partial charge on any atom is -0.479 e. The predicted octanol–water partition coefficient (Wildman–Crippen LogP) is 7.40. The van der Waals surface area contributed by atoms with Gasteiger partial charge in [-0.2, -0.15) is 5.10 Å². The maximum atomic E-state index is 13.9. The Labute approximate surface area is 277 Å². The number of piperidine rings is 1. The number of hydrogen-bond donors (Lipinski definition) is 0. The van der Waals surface area contributed by atoms with E-state index < -0.39 is 25.8 Å². The van der Waals surface area contributed by atoms with Crippen LogP contribution in [0.5, 0.6) is 5.75 Å². The van der Waals surface area contributed by atoms with Gasteiger partial charge >= 0.3 is 6.09 Å². The van der Waals surface area contributed by atoms with Gasteiger partial charge in [0.15, 0.2) is 14.4 Å². The number of rotatable bonds is 8. The first-order valence-electron chi connectivity index (χ1n) is 16.2. The molecule has 3 atom stereocenters. The average Bonchev–Trinajstić information content (AvgIpc) is 3.61. The Bertz CT molecular complexity index is 1710. The molecule has 5 rings (SSSR count). The summed E-state index contributed by atoms with van der Waals surface area (Å²) in [6, 6.07) is 6.91. The van der Waals surface area contributed by atoms with Crippen LogP contribution in [-0.2, 0) is 9.16 Å². The molecular weight excluding hydrogens is 618 g/mol. The van der Waals surface area contributed by atoms with Gasteiger partial charge in [-0.05, 0) is 82.4 Å². The lowest BCUT2D eigenvalue weighted by Crippen LogP contribution is -2.45. The Balaban J connectivity index is 1.42. The number of pyridine rings is 2. The number of halogens is 1. The second-order valence-corrected chi connectivity index (χ2v) is 19.9. The van der Waals surface area contributed by atoms with Gasteiger partial charge in [-0.1, -0.05) is 32.9 Å². The summed E-state index contributed by atoms with van der Waals surface area (Å²) in [7, 11) is -2.13. The number of aromatic nitrogens is 6. The largest absolute Gasteiger partial charge is 0.479 e. The molecule has 11 nitrogen and oxygen atoms in total. The molecule has 1 saturated heterocycles. The van der Waals surface area contributed by atoms with Crippen molar-refractivity contribution >= 4 is 19.9 Å². The molecule has 4 aromatic heterocycles. The number of carbonyl (C=O) groups excluding carboxylic acids is 1. The van der Waals surface area contributed by atoms with Crippen LogP contribution in [0, 0.1) is 18.7 Å². The van der Waals surface area contributed by atoms with E-state index in [4.69, 9.17) is 13.9 Å². The van der Waals surface area contributed by atoms with Crippen molar-refractivity contribution in [1.29, 1.82) is 0 Å². The van der Waals surface area contributed by atoms with Crippen LogP contribution < -0.4 is 4.74 Å². The standard InChI is InChI=1S/C34H48FN7O4Si/c1-22-19-40(32(43)46-33(3,4)5)16-14-27(22)42-23(2)31(38-39-42)24-17-29(28-13-15-37-41(28)20-24)45-30(26-12-11-25(35)18-36-26)21-44-47(9,10)34(6,7)8/h11-13,15,17-18,20,22,27,30H,14,16,19,21H2,1-10H3. The molecule has 5 heterocycles. The zero-order chi connectivity index (χ0) is 34.3. The first-order chi connectivity index (χ1) is 21.9. The molecule has 13 heteroatoms. The van der Waals surface area contributed by atoms with E-state index in [0.717, 1.165) is 23.2 Å². The Morgan fingerprint density at radius 3 is 2.53 bits per heavy atom. The first kappa shape index (κ1) is 34.5. The van der Waals surface area contributed by atoms with Crippen molar-refractivity contribution in [3.05, 3.63) is 60.1 Å². The van der Waals surface area contributed by atoms with Crippen molar-refractivity contribution in [2.24, 2.45) is 5.92 Å². The van der Waals surface area contributed by atoms with Crippen molar-refractivity contribution in [3.8, 4) is 17.0 Å². The van der Waals surface area contributed by atoms with Crippen LogP contribution in [0.4, 0.5) is 9.18 Å².